The van der Waals surface area contributed by atoms with E-state index in [1.54, 1.807) is 0 Å². The minimum Gasteiger partial charge on any atom is -0.317 e. The lowest BCUT2D eigenvalue weighted by atomic mass is 9.79. The third-order valence-electron chi connectivity index (χ3n) is 3.56. The molecule has 1 rings (SSSR count). The van der Waals surface area contributed by atoms with Gasteiger partial charge in [-0.25, -0.2) is 0 Å². The summed E-state index contributed by atoms with van der Waals surface area (Å²) >= 11 is 0. The average molecular weight is 197 g/mol. The molecule has 0 heterocycles. The summed E-state index contributed by atoms with van der Waals surface area (Å²) in [4.78, 5) is 0. The van der Waals surface area contributed by atoms with Gasteiger partial charge in [-0.05, 0) is 56.9 Å². The molecule has 14 heavy (non-hydrogen) atoms. The third-order valence-corrected chi connectivity index (χ3v) is 3.56. The van der Waals surface area contributed by atoms with E-state index in [2.05, 4.69) is 33.1 Å². The largest absolute Gasteiger partial charge is 0.317 e. The Kier molecular flexibility index (Phi) is 4.43. The van der Waals surface area contributed by atoms with Gasteiger partial charge in [0.25, 0.3) is 0 Å². The van der Waals surface area contributed by atoms with E-state index in [1.165, 1.54) is 38.5 Å². The summed E-state index contributed by atoms with van der Waals surface area (Å²) in [5.74, 6) is 1.01. The van der Waals surface area contributed by atoms with Gasteiger partial charge in [0.05, 0.1) is 0 Å². The van der Waals surface area contributed by atoms with Crippen LogP contribution in [0.25, 0.3) is 0 Å². The molecule has 1 aliphatic carbocycles. The number of nitrogens with one attached hydrogen (secondary N) is 1. The van der Waals surface area contributed by atoms with Crippen LogP contribution in [-0.4, -0.2) is 13.1 Å². The van der Waals surface area contributed by atoms with Crippen LogP contribution in [0.4, 0.5) is 0 Å². The summed E-state index contributed by atoms with van der Waals surface area (Å²) in [5.41, 5.74) is 0.528. The van der Waals surface area contributed by atoms with Crippen LogP contribution in [0.2, 0.25) is 0 Å². The maximum Gasteiger partial charge on any atom is 0.00642 e. The fraction of sp³-hybridized carbons (Fsp3) is 1.00. The molecular formula is C13H27N. The predicted octanol–water partition coefficient (Wildman–Crippen LogP) is 3.59. The maximum absolute atomic E-state index is 3.40. The van der Waals surface area contributed by atoms with Crippen LogP contribution in [0.1, 0.15) is 59.3 Å². The lowest BCUT2D eigenvalue weighted by Gasteiger charge is -2.30. The van der Waals surface area contributed by atoms with Gasteiger partial charge in [-0.3, -0.25) is 0 Å². The summed E-state index contributed by atoms with van der Waals surface area (Å²) in [5, 5.41) is 3.40. The van der Waals surface area contributed by atoms with Gasteiger partial charge in [-0.2, -0.15) is 0 Å². The smallest absolute Gasteiger partial charge is 0.00642 e. The lowest BCUT2D eigenvalue weighted by Crippen LogP contribution is -2.30. The lowest BCUT2D eigenvalue weighted by molar-refractivity contribution is 0.249. The molecule has 1 heteroatoms. The van der Waals surface area contributed by atoms with Gasteiger partial charge in [0.1, 0.15) is 0 Å². The van der Waals surface area contributed by atoms with E-state index in [0.717, 1.165) is 12.0 Å². The van der Waals surface area contributed by atoms with Crippen LogP contribution in [0.3, 0.4) is 0 Å². The van der Waals surface area contributed by atoms with Gasteiger partial charge in [-0.15, -0.1) is 0 Å². The summed E-state index contributed by atoms with van der Waals surface area (Å²) in [7, 11) is 2.10. The predicted molar refractivity (Wildman–Crippen MR) is 63.5 cm³/mol. The molecule has 1 N–H and O–H groups in total. The van der Waals surface area contributed by atoms with Gasteiger partial charge >= 0.3 is 0 Å². The second kappa shape index (κ2) is 5.16. The van der Waals surface area contributed by atoms with E-state index < -0.39 is 0 Å². The summed E-state index contributed by atoms with van der Waals surface area (Å²) in [6.45, 7) is 7.06. The number of hydrogen-bond acceptors (Lipinski definition) is 1. The topological polar surface area (TPSA) is 12.0 Å². The Morgan fingerprint density at radius 2 is 1.64 bits per heavy atom. The monoisotopic (exact) mass is 197 g/mol. The van der Waals surface area contributed by atoms with Crippen molar-refractivity contribution in [1.82, 2.24) is 5.32 Å². The Balaban J connectivity index is 2.16. The van der Waals surface area contributed by atoms with Crippen LogP contribution in [0.5, 0.6) is 0 Å². The molecule has 1 nitrogen and oxygen atoms in total. The average Bonchev–Trinajstić information content (AvgIpc) is 2.14. The van der Waals surface area contributed by atoms with Crippen LogP contribution in [-0.2, 0) is 0 Å². The molecule has 0 amide bonds. The maximum atomic E-state index is 3.40. The molecule has 0 bridgehead atoms. The molecule has 1 saturated carbocycles. The zero-order valence-corrected chi connectivity index (χ0v) is 10.4. The quantitative estimate of drug-likeness (QED) is 0.729. The first-order chi connectivity index (χ1) is 6.51. The van der Waals surface area contributed by atoms with Crippen molar-refractivity contribution in [3.63, 3.8) is 0 Å². The molecule has 0 radical (unpaired) electrons. The van der Waals surface area contributed by atoms with Gasteiger partial charge < -0.3 is 5.32 Å². The molecule has 0 unspecified atom stereocenters. The van der Waals surface area contributed by atoms with Crippen molar-refractivity contribution in [2.24, 2.45) is 11.3 Å². The van der Waals surface area contributed by atoms with Gasteiger partial charge in [0, 0.05) is 6.04 Å². The number of hydrogen-bond donors (Lipinski definition) is 1. The Hall–Kier alpha value is -0.0400. The van der Waals surface area contributed by atoms with Crippen molar-refractivity contribution < 1.29 is 0 Å². The van der Waals surface area contributed by atoms with Crippen molar-refractivity contribution in [1.29, 1.82) is 0 Å². The molecule has 0 aromatic carbocycles. The first-order valence-electron chi connectivity index (χ1n) is 6.18. The van der Waals surface area contributed by atoms with Crippen LogP contribution >= 0.6 is 0 Å². The Bertz CT molecular complexity index is 149. The van der Waals surface area contributed by atoms with Crippen molar-refractivity contribution in [3.05, 3.63) is 0 Å². The molecule has 0 aromatic heterocycles. The highest BCUT2D eigenvalue weighted by molar-refractivity contribution is 4.77. The Labute approximate surface area is 89.7 Å². The van der Waals surface area contributed by atoms with E-state index >= 15 is 0 Å². The van der Waals surface area contributed by atoms with Crippen molar-refractivity contribution >= 4 is 0 Å². The zero-order chi connectivity index (χ0) is 10.6. The molecule has 0 aromatic rings. The first-order valence-corrected chi connectivity index (χ1v) is 6.18. The fourth-order valence-electron chi connectivity index (χ4n) is 2.38. The van der Waals surface area contributed by atoms with Gasteiger partial charge in [-0.1, -0.05) is 20.8 Å². The summed E-state index contributed by atoms with van der Waals surface area (Å²) in [6, 6.07) is 0.806. The van der Waals surface area contributed by atoms with E-state index in [9.17, 15) is 0 Å². The normalized spacial score (nSPS) is 29.1. The molecule has 0 atom stereocenters. The standard InChI is InChI=1S/C13H27N/c1-13(2,3)10-9-11-5-7-12(14-4)8-6-11/h11-12,14H,5-10H2,1-4H3. The van der Waals surface area contributed by atoms with Crippen molar-refractivity contribution in [2.45, 2.75) is 65.3 Å². The first kappa shape index (κ1) is 12.0. The van der Waals surface area contributed by atoms with Crippen LogP contribution in [0, 0.1) is 11.3 Å². The van der Waals surface area contributed by atoms with E-state index in [1.807, 2.05) is 0 Å². The highest BCUT2D eigenvalue weighted by atomic mass is 14.9. The van der Waals surface area contributed by atoms with Gasteiger partial charge in [0.2, 0.25) is 0 Å². The van der Waals surface area contributed by atoms with Crippen molar-refractivity contribution in [3.8, 4) is 0 Å². The highest BCUT2D eigenvalue weighted by Crippen LogP contribution is 2.31. The van der Waals surface area contributed by atoms with Gasteiger partial charge in [0.15, 0.2) is 0 Å². The molecule has 84 valence electrons. The van der Waals surface area contributed by atoms with Crippen LogP contribution < -0.4 is 5.32 Å². The molecule has 0 aliphatic heterocycles. The second-order valence-electron chi connectivity index (χ2n) is 6.11. The SMILES string of the molecule is CNC1CCC(CCC(C)(C)C)CC1. The minimum atomic E-state index is 0.528. The minimum absolute atomic E-state index is 0.528. The van der Waals surface area contributed by atoms with Crippen LogP contribution in [0.15, 0.2) is 0 Å². The van der Waals surface area contributed by atoms with E-state index in [4.69, 9.17) is 0 Å². The highest BCUT2D eigenvalue weighted by Gasteiger charge is 2.21. The molecule has 0 spiro atoms. The third kappa shape index (κ3) is 4.45. The fourth-order valence-corrected chi connectivity index (χ4v) is 2.38. The Morgan fingerprint density at radius 3 is 2.07 bits per heavy atom. The molecule has 1 fully saturated rings. The Morgan fingerprint density at radius 1 is 1.07 bits per heavy atom. The zero-order valence-electron chi connectivity index (χ0n) is 10.4. The number of rotatable bonds is 3. The van der Waals surface area contributed by atoms with E-state index in [0.29, 0.717) is 5.41 Å². The molecule has 0 saturated heterocycles. The molecule has 1 aliphatic rings. The van der Waals surface area contributed by atoms with E-state index in [-0.39, 0.29) is 0 Å². The van der Waals surface area contributed by atoms with Crippen molar-refractivity contribution in [2.75, 3.05) is 7.05 Å². The summed E-state index contributed by atoms with van der Waals surface area (Å²) in [6.07, 6.45) is 8.52. The summed E-state index contributed by atoms with van der Waals surface area (Å²) < 4.78 is 0. The second-order valence-corrected chi connectivity index (χ2v) is 6.11. The molecular weight excluding hydrogens is 170 g/mol.